The molecule has 3 aromatic rings. The lowest BCUT2D eigenvalue weighted by molar-refractivity contribution is 0.795. The summed E-state index contributed by atoms with van der Waals surface area (Å²) in [5.74, 6) is 1.44. The Hall–Kier alpha value is -2.16. The SMILES string of the molecule is CC.CC.Cc1ccc(-c2cnc(C(C)C)[nH]2)c2ccncc12.[HH]. The zero-order chi connectivity index (χ0) is 17.4. The Morgan fingerprint density at radius 2 is 1.65 bits per heavy atom. The molecule has 0 bridgehead atoms. The van der Waals surface area contributed by atoms with Gasteiger partial charge in [0.1, 0.15) is 5.82 Å². The fourth-order valence-corrected chi connectivity index (χ4v) is 2.33. The molecule has 0 saturated carbocycles. The molecule has 1 N–H and O–H groups in total. The number of nitrogens with zero attached hydrogens (tertiary/aromatic N) is 2. The first kappa shape index (κ1) is 18.9. The molecule has 3 heteroatoms. The first-order valence-electron chi connectivity index (χ1n) is 8.55. The number of pyridine rings is 1. The van der Waals surface area contributed by atoms with Crippen LogP contribution in [-0.2, 0) is 0 Å². The van der Waals surface area contributed by atoms with Gasteiger partial charge >= 0.3 is 0 Å². The van der Waals surface area contributed by atoms with Gasteiger partial charge in [-0.15, -0.1) is 0 Å². The van der Waals surface area contributed by atoms with Crippen molar-refractivity contribution in [1.29, 1.82) is 0 Å². The summed E-state index contributed by atoms with van der Waals surface area (Å²) in [4.78, 5) is 12.1. The largest absolute Gasteiger partial charge is 0.342 e. The highest BCUT2D eigenvalue weighted by atomic mass is 14.9. The van der Waals surface area contributed by atoms with E-state index in [1.165, 1.54) is 21.9 Å². The lowest BCUT2D eigenvalue weighted by Crippen LogP contribution is -1.90. The van der Waals surface area contributed by atoms with E-state index >= 15 is 0 Å². The Balaban J connectivity index is 0.000000987. The number of fused-ring (bicyclic) bond motifs is 1. The van der Waals surface area contributed by atoms with Gasteiger partial charge < -0.3 is 4.98 Å². The normalized spacial score (nSPS) is 9.91. The number of hydrogen-bond donors (Lipinski definition) is 1. The van der Waals surface area contributed by atoms with E-state index in [1.54, 1.807) is 0 Å². The number of aromatic amines is 1. The summed E-state index contributed by atoms with van der Waals surface area (Å²) in [6.45, 7) is 14.4. The Labute approximate surface area is 141 Å². The van der Waals surface area contributed by atoms with E-state index < -0.39 is 0 Å². The summed E-state index contributed by atoms with van der Waals surface area (Å²) >= 11 is 0. The number of nitrogens with one attached hydrogen (secondary N) is 1. The van der Waals surface area contributed by atoms with E-state index in [0.29, 0.717) is 5.92 Å². The van der Waals surface area contributed by atoms with E-state index in [2.05, 4.69) is 53.9 Å². The van der Waals surface area contributed by atoms with Crippen LogP contribution >= 0.6 is 0 Å². The van der Waals surface area contributed by atoms with Crippen LogP contribution in [0.5, 0.6) is 0 Å². The number of benzene rings is 1. The van der Waals surface area contributed by atoms with E-state index in [9.17, 15) is 0 Å². The molecule has 0 aliphatic carbocycles. The maximum atomic E-state index is 4.45. The number of hydrogen-bond acceptors (Lipinski definition) is 2. The standard InChI is InChI=1S/C16H17N3.2C2H6.H2/c1-10(2)16-18-9-15(19-16)13-5-4-11(3)14-8-17-7-6-12(13)14;2*1-2;/h4-10H,1-3H3,(H,18,19);2*1-2H3;1H. The van der Waals surface area contributed by atoms with Crippen LogP contribution in [0.4, 0.5) is 0 Å². The minimum atomic E-state index is 0. The van der Waals surface area contributed by atoms with Crippen molar-refractivity contribution in [2.75, 3.05) is 0 Å². The predicted molar refractivity (Wildman–Crippen MR) is 103 cm³/mol. The topological polar surface area (TPSA) is 41.6 Å². The van der Waals surface area contributed by atoms with Gasteiger partial charge in [0.2, 0.25) is 0 Å². The zero-order valence-electron chi connectivity index (χ0n) is 15.4. The van der Waals surface area contributed by atoms with E-state index in [1.807, 2.05) is 46.3 Å². The molecular weight excluding hydrogens is 282 g/mol. The third kappa shape index (κ3) is 4.19. The monoisotopic (exact) mass is 313 g/mol. The molecule has 0 radical (unpaired) electrons. The molecule has 0 unspecified atom stereocenters. The average molecular weight is 313 g/mol. The Morgan fingerprint density at radius 1 is 0.957 bits per heavy atom. The summed E-state index contributed by atoms with van der Waals surface area (Å²) in [5, 5.41) is 2.41. The van der Waals surface area contributed by atoms with Crippen LogP contribution in [0, 0.1) is 6.92 Å². The first-order chi connectivity index (χ1) is 11.2. The quantitative estimate of drug-likeness (QED) is 0.598. The molecule has 2 aromatic heterocycles. The molecule has 23 heavy (non-hydrogen) atoms. The summed E-state index contributed by atoms with van der Waals surface area (Å²) < 4.78 is 0. The molecular formula is C20H31N3. The molecule has 0 aliphatic heterocycles. The molecule has 0 fully saturated rings. The van der Waals surface area contributed by atoms with Crippen LogP contribution in [0.15, 0.2) is 36.8 Å². The number of H-pyrrole nitrogens is 1. The molecule has 0 amide bonds. The summed E-state index contributed by atoms with van der Waals surface area (Å²) in [6.07, 6.45) is 5.68. The molecule has 0 spiro atoms. The second-order valence-electron chi connectivity index (χ2n) is 5.19. The molecule has 0 aliphatic rings. The second-order valence-corrected chi connectivity index (χ2v) is 5.19. The van der Waals surface area contributed by atoms with Gasteiger partial charge in [-0.05, 0) is 23.9 Å². The molecule has 3 nitrogen and oxygen atoms in total. The number of rotatable bonds is 2. The van der Waals surface area contributed by atoms with E-state index in [0.717, 1.165) is 11.5 Å². The number of aryl methyl sites for hydroxylation is 1. The van der Waals surface area contributed by atoms with E-state index in [4.69, 9.17) is 0 Å². The Bertz CT molecular complexity index is 733. The van der Waals surface area contributed by atoms with Crippen molar-refractivity contribution in [3.05, 3.63) is 48.2 Å². The van der Waals surface area contributed by atoms with Crippen molar-refractivity contribution >= 4 is 10.8 Å². The maximum Gasteiger partial charge on any atom is 0.109 e. The zero-order valence-corrected chi connectivity index (χ0v) is 15.4. The average Bonchev–Trinajstić information content (AvgIpc) is 3.09. The molecule has 2 heterocycles. The Kier molecular flexibility index (Phi) is 7.46. The van der Waals surface area contributed by atoms with Crippen molar-refractivity contribution < 1.29 is 1.43 Å². The van der Waals surface area contributed by atoms with Gasteiger partial charge in [0.25, 0.3) is 0 Å². The third-order valence-corrected chi connectivity index (χ3v) is 3.47. The molecule has 3 rings (SSSR count). The Morgan fingerprint density at radius 3 is 2.26 bits per heavy atom. The minimum Gasteiger partial charge on any atom is -0.342 e. The molecule has 126 valence electrons. The fourth-order valence-electron chi connectivity index (χ4n) is 2.33. The maximum absolute atomic E-state index is 4.45. The van der Waals surface area contributed by atoms with Crippen LogP contribution < -0.4 is 0 Å². The van der Waals surface area contributed by atoms with Crippen molar-refractivity contribution in [2.24, 2.45) is 0 Å². The van der Waals surface area contributed by atoms with Gasteiger partial charge in [-0.25, -0.2) is 4.98 Å². The fraction of sp³-hybridized carbons (Fsp3) is 0.400. The number of imidazole rings is 1. The van der Waals surface area contributed by atoms with Crippen LogP contribution in [0.3, 0.4) is 0 Å². The predicted octanol–water partition coefficient (Wildman–Crippen LogP) is 6.36. The van der Waals surface area contributed by atoms with Gasteiger partial charge in [0.05, 0.1) is 11.9 Å². The third-order valence-electron chi connectivity index (χ3n) is 3.47. The summed E-state index contributed by atoms with van der Waals surface area (Å²) in [7, 11) is 0. The van der Waals surface area contributed by atoms with Crippen LogP contribution in [0.1, 0.15) is 60.3 Å². The molecule has 0 saturated heterocycles. The minimum absolute atomic E-state index is 0. The van der Waals surface area contributed by atoms with Gasteiger partial charge in [-0.1, -0.05) is 53.7 Å². The second kappa shape index (κ2) is 9.09. The summed E-state index contributed by atoms with van der Waals surface area (Å²) in [6, 6.07) is 6.35. The molecule has 0 atom stereocenters. The summed E-state index contributed by atoms with van der Waals surface area (Å²) in [5.41, 5.74) is 3.50. The highest BCUT2D eigenvalue weighted by Gasteiger charge is 2.10. The lowest BCUT2D eigenvalue weighted by atomic mass is 10.0. The van der Waals surface area contributed by atoms with Crippen molar-refractivity contribution in [1.82, 2.24) is 15.0 Å². The van der Waals surface area contributed by atoms with Crippen molar-refractivity contribution in [3.8, 4) is 11.3 Å². The van der Waals surface area contributed by atoms with E-state index in [-0.39, 0.29) is 1.43 Å². The van der Waals surface area contributed by atoms with Crippen LogP contribution in [-0.4, -0.2) is 15.0 Å². The first-order valence-corrected chi connectivity index (χ1v) is 8.55. The van der Waals surface area contributed by atoms with Gasteiger partial charge in [-0.3, -0.25) is 4.98 Å². The van der Waals surface area contributed by atoms with Gasteiger partial charge in [-0.2, -0.15) is 0 Å². The van der Waals surface area contributed by atoms with Crippen LogP contribution in [0.25, 0.3) is 22.0 Å². The van der Waals surface area contributed by atoms with Crippen LogP contribution in [0.2, 0.25) is 0 Å². The van der Waals surface area contributed by atoms with Crippen molar-refractivity contribution in [2.45, 2.75) is 54.4 Å². The van der Waals surface area contributed by atoms with Crippen molar-refractivity contribution in [3.63, 3.8) is 0 Å². The highest BCUT2D eigenvalue weighted by Crippen LogP contribution is 2.29. The smallest absolute Gasteiger partial charge is 0.109 e. The highest BCUT2D eigenvalue weighted by molar-refractivity contribution is 5.97. The lowest BCUT2D eigenvalue weighted by Gasteiger charge is -2.07. The molecule has 1 aromatic carbocycles. The van der Waals surface area contributed by atoms with Gasteiger partial charge in [0.15, 0.2) is 0 Å². The van der Waals surface area contributed by atoms with Gasteiger partial charge in [0, 0.05) is 30.7 Å². The number of aromatic nitrogens is 3.